The van der Waals surface area contributed by atoms with E-state index in [0.29, 0.717) is 6.42 Å². The lowest BCUT2D eigenvalue weighted by atomic mass is 10.1. The molecule has 0 heterocycles. The van der Waals surface area contributed by atoms with Crippen LogP contribution in [-0.2, 0) is 6.42 Å². The fraction of sp³-hybridized carbons (Fsp3) is 0.333. The van der Waals surface area contributed by atoms with Crippen LogP contribution in [0.25, 0.3) is 0 Å². The van der Waals surface area contributed by atoms with E-state index in [1.54, 1.807) is 7.11 Å². The quantitative estimate of drug-likeness (QED) is 0.648. The van der Waals surface area contributed by atoms with Gasteiger partial charge in [-0.3, -0.25) is 4.39 Å². The molecule has 0 aliphatic rings. The largest absolute Gasteiger partial charge is 0.496 e. The van der Waals surface area contributed by atoms with Crippen LogP contribution in [0.4, 0.5) is 4.39 Å². The molecule has 2 heteroatoms. The molecule has 1 rings (SSSR count). The van der Waals surface area contributed by atoms with Gasteiger partial charge in [-0.2, -0.15) is 0 Å². The van der Waals surface area contributed by atoms with Crippen LogP contribution in [0.15, 0.2) is 24.3 Å². The smallest absolute Gasteiger partial charge is 0.122 e. The number of hydrogen-bond acceptors (Lipinski definition) is 1. The Labute approximate surface area is 65.8 Å². The summed E-state index contributed by atoms with van der Waals surface area (Å²) >= 11 is 0. The van der Waals surface area contributed by atoms with E-state index < -0.39 is 0 Å². The average Bonchev–Trinajstić information content (AvgIpc) is 2.06. The molecule has 0 unspecified atom stereocenters. The summed E-state index contributed by atoms with van der Waals surface area (Å²) in [7, 11) is 1.59. The average molecular weight is 154 g/mol. The Bertz CT molecular complexity index is 223. The maximum Gasteiger partial charge on any atom is 0.122 e. The highest BCUT2D eigenvalue weighted by atomic mass is 19.1. The zero-order valence-electron chi connectivity index (χ0n) is 6.51. The van der Waals surface area contributed by atoms with Crippen LogP contribution < -0.4 is 4.74 Å². The molecule has 1 aromatic rings. The Hall–Kier alpha value is -1.05. The van der Waals surface area contributed by atoms with Gasteiger partial charge in [0.1, 0.15) is 5.75 Å². The first kappa shape index (κ1) is 8.05. The van der Waals surface area contributed by atoms with E-state index in [4.69, 9.17) is 4.74 Å². The summed E-state index contributed by atoms with van der Waals surface area (Å²) in [6.07, 6.45) is 0.435. The highest BCUT2D eigenvalue weighted by molar-refractivity contribution is 5.33. The van der Waals surface area contributed by atoms with Crippen LogP contribution in [0, 0.1) is 0 Å². The topological polar surface area (TPSA) is 9.23 Å². The molecule has 0 radical (unpaired) electrons. The molecular weight excluding hydrogens is 143 g/mol. The number of alkyl halides is 1. The van der Waals surface area contributed by atoms with Gasteiger partial charge in [0.2, 0.25) is 0 Å². The molecule has 0 atom stereocenters. The molecule has 0 amide bonds. The lowest BCUT2D eigenvalue weighted by Gasteiger charge is -2.04. The van der Waals surface area contributed by atoms with Crippen LogP contribution in [0.1, 0.15) is 5.56 Å². The van der Waals surface area contributed by atoms with Gasteiger partial charge in [0.05, 0.1) is 13.8 Å². The van der Waals surface area contributed by atoms with Crippen molar-refractivity contribution < 1.29 is 9.13 Å². The SMILES string of the molecule is COc1ccccc1CCF. The normalized spacial score (nSPS) is 9.64. The van der Waals surface area contributed by atoms with E-state index in [0.717, 1.165) is 11.3 Å². The molecule has 1 nitrogen and oxygen atoms in total. The van der Waals surface area contributed by atoms with Gasteiger partial charge in [-0.1, -0.05) is 18.2 Å². The predicted molar refractivity (Wildman–Crippen MR) is 42.7 cm³/mol. The molecule has 0 aromatic heterocycles. The maximum atomic E-state index is 11.9. The second-order valence-corrected chi connectivity index (χ2v) is 2.25. The number of aryl methyl sites for hydroxylation is 1. The highest BCUT2D eigenvalue weighted by Crippen LogP contribution is 2.17. The number of rotatable bonds is 3. The standard InChI is InChI=1S/C9H11FO/c1-11-9-5-3-2-4-8(9)6-7-10/h2-5H,6-7H2,1H3. The van der Waals surface area contributed by atoms with Crippen molar-refractivity contribution in [2.45, 2.75) is 6.42 Å². The molecular formula is C9H11FO. The summed E-state index contributed by atoms with van der Waals surface area (Å²) in [6.45, 7) is -0.333. The molecule has 0 fully saturated rings. The van der Waals surface area contributed by atoms with Crippen molar-refractivity contribution in [3.05, 3.63) is 29.8 Å². The Morgan fingerprint density at radius 3 is 2.73 bits per heavy atom. The van der Waals surface area contributed by atoms with Crippen LogP contribution in [0.2, 0.25) is 0 Å². The Kier molecular flexibility index (Phi) is 2.90. The van der Waals surface area contributed by atoms with Crippen molar-refractivity contribution >= 4 is 0 Å². The van der Waals surface area contributed by atoms with Gasteiger partial charge in [0.15, 0.2) is 0 Å². The number of ether oxygens (including phenoxy) is 1. The third-order valence-electron chi connectivity index (χ3n) is 1.56. The van der Waals surface area contributed by atoms with E-state index >= 15 is 0 Å². The van der Waals surface area contributed by atoms with E-state index in [-0.39, 0.29) is 6.67 Å². The van der Waals surface area contributed by atoms with Gasteiger partial charge < -0.3 is 4.74 Å². The molecule has 0 spiro atoms. The fourth-order valence-electron chi connectivity index (χ4n) is 1.01. The van der Waals surface area contributed by atoms with Crippen molar-refractivity contribution in [2.24, 2.45) is 0 Å². The van der Waals surface area contributed by atoms with Gasteiger partial charge in [0.25, 0.3) is 0 Å². The maximum absolute atomic E-state index is 11.9. The molecule has 0 aliphatic heterocycles. The molecule has 1 aromatic carbocycles. The Morgan fingerprint density at radius 2 is 2.09 bits per heavy atom. The monoisotopic (exact) mass is 154 g/mol. The minimum absolute atomic E-state index is 0.333. The number of halogens is 1. The van der Waals surface area contributed by atoms with E-state index in [1.165, 1.54) is 0 Å². The van der Waals surface area contributed by atoms with E-state index in [2.05, 4.69) is 0 Å². The van der Waals surface area contributed by atoms with Gasteiger partial charge in [-0.15, -0.1) is 0 Å². The summed E-state index contributed by atoms with van der Waals surface area (Å²) in [6, 6.07) is 7.47. The third-order valence-corrected chi connectivity index (χ3v) is 1.56. The second kappa shape index (κ2) is 3.96. The molecule has 0 saturated carbocycles. The summed E-state index contributed by atoms with van der Waals surface area (Å²) in [5.41, 5.74) is 0.928. The van der Waals surface area contributed by atoms with Crippen LogP contribution in [-0.4, -0.2) is 13.8 Å². The first-order chi connectivity index (χ1) is 5.38. The molecule has 11 heavy (non-hydrogen) atoms. The lowest BCUT2D eigenvalue weighted by molar-refractivity contribution is 0.404. The first-order valence-corrected chi connectivity index (χ1v) is 3.56. The third kappa shape index (κ3) is 1.93. The van der Waals surface area contributed by atoms with Crippen LogP contribution in [0.5, 0.6) is 5.75 Å². The second-order valence-electron chi connectivity index (χ2n) is 2.25. The van der Waals surface area contributed by atoms with Gasteiger partial charge in [-0.05, 0) is 11.6 Å². The van der Waals surface area contributed by atoms with Gasteiger partial charge >= 0.3 is 0 Å². The van der Waals surface area contributed by atoms with Crippen molar-refractivity contribution in [2.75, 3.05) is 13.8 Å². The highest BCUT2D eigenvalue weighted by Gasteiger charge is 1.98. The van der Waals surface area contributed by atoms with Crippen LogP contribution in [0.3, 0.4) is 0 Å². The number of para-hydroxylation sites is 1. The minimum atomic E-state index is -0.333. The fourth-order valence-corrected chi connectivity index (χ4v) is 1.01. The molecule has 60 valence electrons. The van der Waals surface area contributed by atoms with Crippen molar-refractivity contribution in [3.63, 3.8) is 0 Å². The minimum Gasteiger partial charge on any atom is -0.496 e. The Balaban J connectivity index is 2.83. The van der Waals surface area contributed by atoms with E-state index in [1.807, 2.05) is 24.3 Å². The summed E-state index contributed by atoms with van der Waals surface area (Å²) in [5, 5.41) is 0. The van der Waals surface area contributed by atoms with Crippen molar-refractivity contribution in [1.82, 2.24) is 0 Å². The first-order valence-electron chi connectivity index (χ1n) is 3.56. The predicted octanol–water partition coefficient (Wildman–Crippen LogP) is 2.21. The summed E-state index contributed by atoms with van der Waals surface area (Å²) in [4.78, 5) is 0. The van der Waals surface area contributed by atoms with Gasteiger partial charge in [-0.25, -0.2) is 0 Å². The zero-order valence-corrected chi connectivity index (χ0v) is 6.51. The van der Waals surface area contributed by atoms with E-state index in [9.17, 15) is 4.39 Å². The number of benzene rings is 1. The molecule has 0 aliphatic carbocycles. The van der Waals surface area contributed by atoms with Crippen molar-refractivity contribution in [3.8, 4) is 5.75 Å². The van der Waals surface area contributed by atoms with Crippen LogP contribution >= 0.6 is 0 Å². The molecule has 0 bridgehead atoms. The number of methoxy groups -OCH3 is 1. The Morgan fingerprint density at radius 1 is 1.36 bits per heavy atom. The summed E-state index contributed by atoms with van der Waals surface area (Å²) < 4.78 is 17.0. The molecule has 0 saturated heterocycles. The van der Waals surface area contributed by atoms with Crippen molar-refractivity contribution in [1.29, 1.82) is 0 Å². The lowest BCUT2D eigenvalue weighted by Crippen LogP contribution is -1.92. The number of hydrogen-bond donors (Lipinski definition) is 0. The summed E-state index contributed by atoms with van der Waals surface area (Å²) in [5.74, 6) is 0.769. The zero-order chi connectivity index (χ0) is 8.10. The van der Waals surface area contributed by atoms with Gasteiger partial charge in [0, 0.05) is 6.42 Å². The molecule has 0 N–H and O–H groups in total.